The summed E-state index contributed by atoms with van der Waals surface area (Å²) < 4.78 is 0. The Morgan fingerprint density at radius 2 is 1.61 bits per heavy atom. The zero-order chi connectivity index (χ0) is 13.1. The quantitative estimate of drug-likeness (QED) is 0.535. The molecule has 0 saturated carbocycles. The van der Waals surface area contributed by atoms with Crippen LogP contribution in [0.1, 0.15) is 82.8 Å². The van der Waals surface area contributed by atoms with Crippen LogP contribution in [0.2, 0.25) is 0 Å². The van der Waals surface area contributed by atoms with Gasteiger partial charge in [-0.25, -0.2) is 0 Å². The summed E-state index contributed by atoms with van der Waals surface area (Å²) in [6, 6.07) is 1.96. The highest BCUT2D eigenvalue weighted by Crippen LogP contribution is 2.19. The van der Waals surface area contributed by atoms with Gasteiger partial charge >= 0.3 is 0 Å². The summed E-state index contributed by atoms with van der Waals surface area (Å²) in [5, 5.41) is 9.89. The van der Waals surface area contributed by atoms with Crippen molar-refractivity contribution < 1.29 is 5.11 Å². The van der Waals surface area contributed by atoms with E-state index in [4.69, 9.17) is 0 Å². The molecule has 18 heavy (non-hydrogen) atoms. The third kappa shape index (κ3) is 6.85. The topological polar surface area (TPSA) is 36.0 Å². The van der Waals surface area contributed by atoms with Crippen molar-refractivity contribution in [1.29, 1.82) is 0 Å². The van der Waals surface area contributed by atoms with Gasteiger partial charge < -0.3 is 10.1 Å². The fourth-order valence-corrected chi connectivity index (χ4v) is 2.36. The Bertz CT molecular complexity index is 269. The van der Waals surface area contributed by atoms with E-state index in [1.54, 1.807) is 0 Å². The van der Waals surface area contributed by atoms with E-state index in [0.29, 0.717) is 0 Å². The Morgan fingerprint density at radius 1 is 1.00 bits per heavy atom. The molecule has 0 saturated heterocycles. The highest BCUT2D eigenvalue weighted by Gasteiger charge is 2.06. The molecule has 1 rings (SSSR count). The molecule has 1 heterocycles. The molecule has 0 fully saturated rings. The van der Waals surface area contributed by atoms with E-state index in [-0.39, 0.29) is 6.10 Å². The van der Waals surface area contributed by atoms with Crippen LogP contribution in [-0.2, 0) is 0 Å². The number of aromatic amines is 1. The van der Waals surface area contributed by atoms with E-state index >= 15 is 0 Å². The Morgan fingerprint density at radius 3 is 2.17 bits per heavy atom. The van der Waals surface area contributed by atoms with Gasteiger partial charge in [-0.05, 0) is 18.1 Å². The van der Waals surface area contributed by atoms with Crippen molar-refractivity contribution in [2.75, 3.05) is 0 Å². The number of nitrogens with one attached hydrogen (secondary N) is 1. The van der Waals surface area contributed by atoms with Crippen molar-refractivity contribution in [2.24, 2.45) is 0 Å². The van der Waals surface area contributed by atoms with Crippen LogP contribution in [0.4, 0.5) is 0 Å². The van der Waals surface area contributed by atoms with Crippen molar-refractivity contribution in [3.05, 3.63) is 24.0 Å². The lowest BCUT2D eigenvalue weighted by Gasteiger charge is -2.08. The van der Waals surface area contributed by atoms with Crippen LogP contribution in [0.25, 0.3) is 0 Å². The van der Waals surface area contributed by atoms with Crippen molar-refractivity contribution >= 4 is 0 Å². The molecule has 0 aliphatic rings. The molecule has 1 aromatic rings. The van der Waals surface area contributed by atoms with Crippen LogP contribution in [-0.4, -0.2) is 10.1 Å². The number of hydrogen-bond donors (Lipinski definition) is 2. The maximum Gasteiger partial charge on any atom is 0.0804 e. The van der Waals surface area contributed by atoms with Gasteiger partial charge in [-0.3, -0.25) is 0 Å². The number of unbranched alkanes of at least 4 members (excludes halogenated alkanes) is 8. The van der Waals surface area contributed by atoms with Crippen molar-refractivity contribution in [2.45, 2.75) is 77.2 Å². The average molecular weight is 251 g/mol. The summed E-state index contributed by atoms with van der Waals surface area (Å²) in [6.07, 6.45) is 16.4. The van der Waals surface area contributed by atoms with E-state index in [0.717, 1.165) is 18.4 Å². The summed E-state index contributed by atoms with van der Waals surface area (Å²) in [4.78, 5) is 2.99. The maximum absolute atomic E-state index is 9.89. The Labute approximate surface area is 112 Å². The highest BCUT2D eigenvalue weighted by molar-refractivity contribution is 5.11. The molecule has 2 heteroatoms. The fourth-order valence-electron chi connectivity index (χ4n) is 2.36. The molecule has 0 aliphatic heterocycles. The predicted octanol–water partition coefficient (Wildman–Crippen LogP) is 4.97. The number of aliphatic hydroxyl groups excluding tert-OH is 1. The lowest BCUT2D eigenvalue weighted by molar-refractivity contribution is 0.163. The van der Waals surface area contributed by atoms with E-state index in [2.05, 4.69) is 11.9 Å². The first-order valence-electron chi connectivity index (χ1n) is 7.65. The van der Waals surface area contributed by atoms with E-state index in [1.807, 2.05) is 18.5 Å². The zero-order valence-corrected chi connectivity index (χ0v) is 11.8. The molecule has 0 aromatic carbocycles. The molecule has 0 radical (unpaired) electrons. The summed E-state index contributed by atoms with van der Waals surface area (Å²) >= 11 is 0. The summed E-state index contributed by atoms with van der Waals surface area (Å²) in [6.45, 7) is 2.26. The van der Waals surface area contributed by atoms with Gasteiger partial charge in [0.05, 0.1) is 6.10 Å². The molecule has 1 unspecified atom stereocenters. The van der Waals surface area contributed by atoms with Crippen LogP contribution in [0.15, 0.2) is 18.5 Å². The number of aliphatic hydroxyl groups is 1. The fraction of sp³-hybridized carbons (Fsp3) is 0.750. The van der Waals surface area contributed by atoms with Crippen molar-refractivity contribution in [3.8, 4) is 0 Å². The number of aromatic nitrogens is 1. The van der Waals surface area contributed by atoms with E-state index in [1.165, 1.54) is 51.4 Å². The van der Waals surface area contributed by atoms with Gasteiger partial charge in [0.15, 0.2) is 0 Å². The number of rotatable bonds is 11. The molecule has 0 spiro atoms. The van der Waals surface area contributed by atoms with Crippen LogP contribution < -0.4 is 0 Å². The lowest BCUT2D eigenvalue weighted by atomic mass is 10.0. The van der Waals surface area contributed by atoms with Gasteiger partial charge in [-0.1, -0.05) is 64.7 Å². The van der Waals surface area contributed by atoms with E-state index < -0.39 is 0 Å². The standard InChI is InChI=1S/C16H29NO/c1-2-3-4-5-6-7-8-9-10-11-16(18)15-12-13-17-14-15/h12-14,16-18H,2-11H2,1H3. The molecular weight excluding hydrogens is 222 g/mol. The normalized spacial score (nSPS) is 12.8. The predicted molar refractivity (Wildman–Crippen MR) is 77.6 cm³/mol. The van der Waals surface area contributed by atoms with Crippen molar-refractivity contribution in [1.82, 2.24) is 4.98 Å². The second-order valence-corrected chi connectivity index (χ2v) is 5.28. The van der Waals surface area contributed by atoms with Gasteiger partial charge in [-0.2, -0.15) is 0 Å². The van der Waals surface area contributed by atoms with Gasteiger partial charge in [-0.15, -0.1) is 0 Å². The minimum absolute atomic E-state index is 0.277. The molecular formula is C16H29NO. The first-order chi connectivity index (χ1) is 8.84. The van der Waals surface area contributed by atoms with Crippen LogP contribution in [0.3, 0.4) is 0 Å². The van der Waals surface area contributed by atoms with Gasteiger partial charge in [0, 0.05) is 12.4 Å². The Hall–Kier alpha value is -0.760. The molecule has 2 N–H and O–H groups in total. The van der Waals surface area contributed by atoms with Gasteiger partial charge in [0.2, 0.25) is 0 Å². The third-order valence-corrected chi connectivity index (χ3v) is 3.59. The minimum Gasteiger partial charge on any atom is -0.388 e. The average Bonchev–Trinajstić information content (AvgIpc) is 2.90. The Kier molecular flexibility index (Phi) is 8.66. The number of H-pyrrole nitrogens is 1. The molecule has 1 aromatic heterocycles. The molecule has 1 atom stereocenters. The maximum atomic E-state index is 9.89. The van der Waals surface area contributed by atoms with Crippen LogP contribution in [0.5, 0.6) is 0 Å². The van der Waals surface area contributed by atoms with E-state index in [9.17, 15) is 5.11 Å². The van der Waals surface area contributed by atoms with Crippen LogP contribution in [0, 0.1) is 0 Å². The SMILES string of the molecule is CCCCCCCCCCCC(O)c1cc[nH]c1. The smallest absolute Gasteiger partial charge is 0.0804 e. The minimum atomic E-state index is -0.277. The first-order valence-corrected chi connectivity index (χ1v) is 7.65. The molecule has 0 aliphatic carbocycles. The zero-order valence-electron chi connectivity index (χ0n) is 11.8. The van der Waals surface area contributed by atoms with Gasteiger partial charge in [0.25, 0.3) is 0 Å². The summed E-state index contributed by atoms with van der Waals surface area (Å²) in [5.74, 6) is 0. The highest BCUT2D eigenvalue weighted by atomic mass is 16.3. The second-order valence-electron chi connectivity index (χ2n) is 5.28. The molecule has 2 nitrogen and oxygen atoms in total. The monoisotopic (exact) mass is 251 g/mol. The lowest BCUT2D eigenvalue weighted by Crippen LogP contribution is -1.95. The third-order valence-electron chi connectivity index (χ3n) is 3.59. The first kappa shape index (κ1) is 15.3. The summed E-state index contributed by atoms with van der Waals surface area (Å²) in [7, 11) is 0. The Balaban J connectivity index is 1.87. The van der Waals surface area contributed by atoms with Crippen molar-refractivity contribution in [3.63, 3.8) is 0 Å². The molecule has 0 bridgehead atoms. The largest absolute Gasteiger partial charge is 0.388 e. The summed E-state index contributed by atoms with van der Waals surface area (Å²) in [5.41, 5.74) is 1.02. The molecule has 0 amide bonds. The second kappa shape index (κ2) is 10.2. The van der Waals surface area contributed by atoms with Crippen LogP contribution >= 0.6 is 0 Å². The number of hydrogen-bond acceptors (Lipinski definition) is 1. The molecule has 104 valence electrons. The van der Waals surface area contributed by atoms with Gasteiger partial charge in [0.1, 0.15) is 0 Å².